The Balaban J connectivity index is 2.10. The van der Waals surface area contributed by atoms with Crippen LogP contribution in [0.15, 0.2) is 27.7 Å². The van der Waals surface area contributed by atoms with Crippen molar-refractivity contribution in [3.05, 3.63) is 33.8 Å². The molecule has 1 aromatic rings. The number of halogens is 1. The zero-order chi connectivity index (χ0) is 15.4. The normalized spacial score (nSPS) is 18.4. The highest BCUT2D eigenvalue weighted by molar-refractivity contribution is 9.10. The number of likely N-dealkylation sites (N-methyl/N-ethyl adjacent to an activating group) is 1. The summed E-state index contributed by atoms with van der Waals surface area (Å²) in [4.78, 5) is 9.09. The van der Waals surface area contributed by atoms with Crippen molar-refractivity contribution in [2.75, 3.05) is 32.7 Å². The van der Waals surface area contributed by atoms with E-state index in [1.165, 1.54) is 11.1 Å². The van der Waals surface area contributed by atoms with Crippen molar-refractivity contribution in [3.63, 3.8) is 0 Å². The second-order valence-corrected chi connectivity index (χ2v) is 6.30. The minimum absolute atomic E-state index is 0.262. The van der Waals surface area contributed by atoms with Crippen molar-refractivity contribution in [2.45, 2.75) is 26.8 Å². The van der Waals surface area contributed by atoms with Gasteiger partial charge in [0.25, 0.3) is 0 Å². The number of nitrogens with two attached hydrogens (primary N) is 1. The van der Waals surface area contributed by atoms with Crippen LogP contribution in [0.4, 0.5) is 0 Å². The van der Waals surface area contributed by atoms with E-state index in [1.54, 1.807) is 0 Å². The number of aryl methyl sites for hydroxylation is 1. The maximum atomic E-state index is 6.09. The summed E-state index contributed by atoms with van der Waals surface area (Å²) in [7, 11) is 0. The summed E-state index contributed by atoms with van der Waals surface area (Å²) < 4.78 is 1.15. The van der Waals surface area contributed by atoms with Gasteiger partial charge in [0.05, 0.1) is 12.6 Å². The van der Waals surface area contributed by atoms with Crippen LogP contribution in [0.2, 0.25) is 0 Å². The molecule has 1 heterocycles. The Morgan fingerprint density at radius 3 is 2.71 bits per heavy atom. The number of aliphatic imine (C=N–C) groups is 1. The Kier molecular flexibility index (Phi) is 5.65. The van der Waals surface area contributed by atoms with Gasteiger partial charge in [-0.3, -0.25) is 4.99 Å². The van der Waals surface area contributed by atoms with E-state index >= 15 is 0 Å². The smallest absolute Gasteiger partial charge is 0.191 e. The lowest BCUT2D eigenvalue weighted by Gasteiger charge is -2.29. The van der Waals surface area contributed by atoms with Crippen LogP contribution in [0.5, 0.6) is 0 Å². The summed E-state index contributed by atoms with van der Waals surface area (Å²) in [5.41, 5.74) is 8.61. The molecule has 0 saturated carbocycles. The van der Waals surface area contributed by atoms with Crippen LogP contribution >= 0.6 is 15.9 Å². The van der Waals surface area contributed by atoms with Crippen LogP contribution in [0.1, 0.15) is 31.0 Å². The molecule has 116 valence electrons. The van der Waals surface area contributed by atoms with E-state index < -0.39 is 0 Å². The quantitative estimate of drug-likeness (QED) is 0.855. The van der Waals surface area contributed by atoms with Crippen LogP contribution < -0.4 is 5.73 Å². The van der Waals surface area contributed by atoms with E-state index in [4.69, 9.17) is 5.73 Å². The van der Waals surface area contributed by atoms with Gasteiger partial charge in [0.15, 0.2) is 5.96 Å². The van der Waals surface area contributed by atoms with Gasteiger partial charge in [-0.05, 0) is 37.2 Å². The van der Waals surface area contributed by atoms with Crippen LogP contribution in [0.25, 0.3) is 0 Å². The molecular weight excluding hydrogens is 328 g/mol. The molecule has 0 amide bonds. The van der Waals surface area contributed by atoms with Crippen molar-refractivity contribution in [2.24, 2.45) is 10.7 Å². The molecule has 0 aliphatic carbocycles. The minimum atomic E-state index is 0.262. The molecule has 4 nitrogen and oxygen atoms in total. The molecule has 0 aromatic heterocycles. The molecule has 21 heavy (non-hydrogen) atoms. The fourth-order valence-corrected chi connectivity index (χ4v) is 3.09. The summed E-state index contributed by atoms with van der Waals surface area (Å²) >= 11 is 3.62. The van der Waals surface area contributed by atoms with Gasteiger partial charge in [-0.2, -0.15) is 0 Å². The number of hydrogen-bond donors (Lipinski definition) is 1. The predicted octanol–water partition coefficient (Wildman–Crippen LogP) is 2.77. The van der Waals surface area contributed by atoms with Crippen molar-refractivity contribution >= 4 is 21.9 Å². The first-order valence-electron chi connectivity index (χ1n) is 7.61. The van der Waals surface area contributed by atoms with Crippen molar-refractivity contribution in [1.82, 2.24) is 9.80 Å². The first-order chi connectivity index (χ1) is 10.1. The summed E-state index contributed by atoms with van der Waals surface area (Å²) in [6.45, 7) is 11.3. The Morgan fingerprint density at radius 2 is 2.10 bits per heavy atom. The molecule has 0 fully saturated rings. The molecule has 0 bridgehead atoms. The molecule has 1 aromatic carbocycles. The lowest BCUT2D eigenvalue weighted by molar-refractivity contribution is 0.248. The van der Waals surface area contributed by atoms with E-state index in [1.807, 2.05) is 0 Å². The zero-order valence-electron chi connectivity index (χ0n) is 13.1. The first-order valence-corrected chi connectivity index (χ1v) is 8.41. The summed E-state index contributed by atoms with van der Waals surface area (Å²) in [5.74, 6) is 0.670. The van der Waals surface area contributed by atoms with E-state index in [0.717, 1.165) is 37.2 Å². The summed E-state index contributed by atoms with van der Waals surface area (Å²) in [5, 5.41) is 0. The van der Waals surface area contributed by atoms with Gasteiger partial charge in [0.1, 0.15) is 0 Å². The molecule has 1 aliphatic heterocycles. The molecule has 0 radical (unpaired) electrons. The second kappa shape index (κ2) is 7.27. The molecule has 1 aliphatic rings. The van der Waals surface area contributed by atoms with Gasteiger partial charge in [-0.25, -0.2) is 0 Å². The third kappa shape index (κ3) is 3.77. The molecule has 1 unspecified atom stereocenters. The topological polar surface area (TPSA) is 44.9 Å². The number of benzene rings is 1. The van der Waals surface area contributed by atoms with Gasteiger partial charge >= 0.3 is 0 Å². The molecule has 0 spiro atoms. The highest BCUT2D eigenvalue weighted by atomic mass is 79.9. The zero-order valence-corrected chi connectivity index (χ0v) is 14.7. The fraction of sp³-hybridized carbons (Fsp3) is 0.562. The average molecular weight is 353 g/mol. The van der Waals surface area contributed by atoms with Crippen molar-refractivity contribution in [3.8, 4) is 0 Å². The van der Waals surface area contributed by atoms with E-state index in [9.17, 15) is 0 Å². The Bertz CT molecular complexity index is 511. The van der Waals surface area contributed by atoms with Crippen LogP contribution in [-0.4, -0.2) is 48.5 Å². The summed E-state index contributed by atoms with van der Waals surface area (Å²) in [6, 6.07) is 6.79. The first kappa shape index (κ1) is 16.3. The maximum absolute atomic E-state index is 6.09. The third-order valence-electron chi connectivity index (χ3n) is 4.23. The van der Waals surface area contributed by atoms with Gasteiger partial charge in [0, 0.05) is 17.6 Å². The molecule has 1 atom stereocenters. The van der Waals surface area contributed by atoms with Crippen molar-refractivity contribution < 1.29 is 0 Å². The number of guanidine groups is 1. The second-order valence-electron chi connectivity index (χ2n) is 5.44. The Morgan fingerprint density at radius 1 is 1.38 bits per heavy atom. The average Bonchev–Trinajstić information content (AvgIpc) is 2.84. The SMILES string of the molecule is CCN(CC)CCN1C(N)=NCC1c1ccc(C)c(Br)c1. The van der Waals surface area contributed by atoms with Crippen LogP contribution in [-0.2, 0) is 0 Å². The van der Waals surface area contributed by atoms with Gasteiger partial charge in [-0.1, -0.05) is 41.9 Å². The molecule has 2 rings (SSSR count). The number of hydrogen-bond acceptors (Lipinski definition) is 4. The molecule has 2 N–H and O–H groups in total. The third-order valence-corrected chi connectivity index (χ3v) is 5.08. The fourth-order valence-electron chi connectivity index (χ4n) is 2.69. The minimum Gasteiger partial charge on any atom is -0.370 e. The van der Waals surface area contributed by atoms with E-state index in [2.05, 4.69) is 69.7 Å². The monoisotopic (exact) mass is 352 g/mol. The Hall–Kier alpha value is -1.07. The molecule has 0 saturated heterocycles. The van der Waals surface area contributed by atoms with Gasteiger partial charge in [-0.15, -0.1) is 0 Å². The lowest BCUT2D eigenvalue weighted by atomic mass is 10.0. The Labute approximate surface area is 136 Å². The molecular formula is C16H25BrN4. The number of nitrogens with zero attached hydrogens (tertiary/aromatic N) is 3. The van der Waals surface area contributed by atoms with E-state index in [0.29, 0.717) is 5.96 Å². The summed E-state index contributed by atoms with van der Waals surface area (Å²) in [6.07, 6.45) is 0. The highest BCUT2D eigenvalue weighted by Crippen LogP contribution is 2.28. The van der Waals surface area contributed by atoms with Gasteiger partial charge in [0.2, 0.25) is 0 Å². The maximum Gasteiger partial charge on any atom is 0.191 e. The standard InChI is InChI=1S/C16H25BrN4/c1-4-20(5-2)8-9-21-15(11-19-16(21)18)13-7-6-12(3)14(17)10-13/h6-7,10,15H,4-5,8-9,11H2,1-3H3,(H2,18,19). The lowest BCUT2D eigenvalue weighted by Crippen LogP contribution is -2.41. The highest BCUT2D eigenvalue weighted by Gasteiger charge is 2.27. The number of rotatable bonds is 6. The van der Waals surface area contributed by atoms with Crippen LogP contribution in [0, 0.1) is 6.92 Å². The van der Waals surface area contributed by atoms with Gasteiger partial charge < -0.3 is 15.5 Å². The molecule has 5 heteroatoms. The largest absolute Gasteiger partial charge is 0.370 e. The van der Waals surface area contributed by atoms with Crippen molar-refractivity contribution in [1.29, 1.82) is 0 Å². The predicted molar refractivity (Wildman–Crippen MR) is 92.6 cm³/mol. The van der Waals surface area contributed by atoms with E-state index in [-0.39, 0.29) is 6.04 Å². The van der Waals surface area contributed by atoms with Crippen LogP contribution in [0.3, 0.4) is 0 Å².